The molecular formula is C16H31N3O. The molecule has 2 saturated heterocycles. The van der Waals surface area contributed by atoms with Crippen molar-refractivity contribution in [3.05, 3.63) is 0 Å². The lowest BCUT2D eigenvalue weighted by Crippen LogP contribution is -2.48. The van der Waals surface area contributed by atoms with E-state index in [2.05, 4.69) is 42.8 Å². The molecule has 20 heavy (non-hydrogen) atoms. The van der Waals surface area contributed by atoms with Crippen LogP contribution in [0.2, 0.25) is 0 Å². The maximum Gasteiger partial charge on any atom is 0.241 e. The van der Waals surface area contributed by atoms with Crippen LogP contribution in [0.1, 0.15) is 53.4 Å². The summed E-state index contributed by atoms with van der Waals surface area (Å²) in [5.41, 5.74) is 0. The summed E-state index contributed by atoms with van der Waals surface area (Å²) >= 11 is 0. The molecule has 0 radical (unpaired) electrons. The van der Waals surface area contributed by atoms with Crippen LogP contribution in [-0.2, 0) is 4.79 Å². The molecule has 0 aromatic heterocycles. The van der Waals surface area contributed by atoms with Crippen LogP contribution in [0.15, 0.2) is 0 Å². The van der Waals surface area contributed by atoms with Gasteiger partial charge < -0.3 is 9.80 Å². The largest absolute Gasteiger partial charge is 0.322 e. The maximum atomic E-state index is 12.6. The van der Waals surface area contributed by atoms with Crippen LogP contribution in [-0.4, -0.2) is 53.6 Å². The average molecular weight is 281 g/mol. The molecule has 2 aliphatic rings. The summed E-state index contributed by atoms with van der Waals surface area (Å²) in [6.45, 7) is 12.2. The second-order valence-corrected chi connectivity index (χ2v) is 6.88. The number of carbonyl (C=O) groups excluding carboxylic acids is 1. The van der Waals surface area contributed by atoms with Crippen molar-refractivity contribution in [2.24, 2.45) is 5.92 Å². The molecule has 116 valence electrons. The molecule has 0 spiro atoms. The third kappa shape index (κ3) is 3.53. The molecule has 2 fully saturated rings. The van der Waals surface area contributed by atoms with Crippen molar-refractivity contribution >= 4 is 5.91 Å². The zero-order valence-electron chi connectivity index (χ0n) is 13.6. The van der Waals surface area contributed by atoms with E-state index in [0.717, 1.165) is 19.4 Å². The predicted octanol–water partition coefficient (Wildman–Crippen LogP) is 2.05. The fraction of sp³-hybridized carbons (Fsp3) is 0.938. The monoisotopic (exact) mass is 281 g/mol. The third-order valence-electron chi connectivity index (χ3n) is 4.58. The summed E-state index contributed by atoms with van der Waals surface area (Å²) in [5.74, 6) is 0.919. The van der Waals surface area contributed by atoms with Crippen molar-refractivity contribution in [2.75, 3.05) is 19.6 Å². The van der Waals surface area contributed by atoms with Gasteiger partial charge in [0.25, 0.3) is 0 Å². The SMILES string of the molecule is CCC1NC(CC(C)C)N(C(C)CN2CCCC2)C1=O. The minimum absolute atomic E-state index is 0.0276. The highest BCUT2D eigenvalue weighted by molar-refractivity contribution is 5.84. The normalized spacial score (nSPS) is 29.6. The Hall–Kier alpha value is -0.610. The number of hydrogen-bond acceptors (Lipinski definition) is 3. The van der Waals surface area contributed by atoms with E-state index < -0.39 is 0 Å². The quantitative estimate of drug-likeness (QED) is 0.809. The first kappa shape index (κ1) is 15.8. The number of amides is 1. The first-order valence-electron chi connectivity index (χ1n) is 8.33. The molecule has 2 rings (SSSR count). The van der Waals surface area contributed by atoms with Crippen molar-refractivity contribution in [3.63, 3.8) is 0 Å². The molecule has 2 heterocycles. The van der Waals surface area contributed by atoms with Gasteiger partial charge in [-0.05, 0) is 51.6 Å². The molecule has 0 aromatic rings. The molecule has 4 heteroatoms. The van der Waals surface area contributed by atoms with E-state index in [-0.39, 0.29) is 12.2 Å². The van der Waals surface area contributed by atoms with E-state index in [0.29, 0.717) is 17.9 Å². The first-order valence-corrected chi connectivity index (χ1v) is 8.33. The Balaban J connectivity index is 2.01. The molecule has 0 saturated carbocycles. The van der Waals surface area contributed by atoms with Crippen LogP contribution in [0.3, 0.4) is 0 Å². The van der Waals surface area contributed by atoms with Crippen molar-refractivity contribution in [1.82, 2.24) is 15.1 Å². The lowest BCUT2D eigenvalue weighted by molar-refractivity contribution is -0.132. The Morgan fingerprint density at radius 3 is 2.45 bits per heavy atom. The van der Waals surface area contributed by atoms with Gasteiger partial charge in [-0.15, -0.1) is 0 Å². The minimum Gasteiger partial charge on any atom is -0.322 e. The van der Waals surface area contributed by atoms with E-state index in [9.17, 15) is 4.79 Å². The van der Waals surface area contributed by atoms with Gasteiger partial charge in [-0.2, -0.15) is 0 Å². The Morgan fingerprint density at radius 2 is 1.90 bits per heavy atom. The van der Waals surface area contributed by atoms with Crippen molar-refractivity contribution < 1.29 is 4.79 Å². The van der Waals surface area contributed by atoms with Crippen LogP contribution >= 0.6 is 0 Å². The van der Waals surface area contributed by atoms with E-state index in [1.807, 2.05) is 0 Å². The van der Waals surface area contributed by atoms with Gasteiger partial charge in [0.05, 0.1) is 12.2 Å². The van der Waals surface area contributed by atoms with E-state index >= 15 is 0 Å². The molecule has 3 unspecified atom stereocenters. The third-order valence-corrected chi connectivity index (χ3v) is 4.58. The molecule has 0 aromatic carbocycles. The zero-order valence-corrected chi connectivity index (χ0v) is 13.6. The van der Waals surface area contributed by atoms with Crippen molar-refractivity contribution in [2.45, 2.75) is 71.6 Å². The highest BCUT2D eigenvalue weighted by Gasteiger charge is 2.40. The molecule has 2 aliphatic heterocycles. The molecule has 0 aliphatic carbocycles. The van der Waals surface area contributed by atoms with E-state index in [4.69, 9.17) is 0 Å². The molecule has 1 amide bonds. The lowest BCUT2D eigenvalue weighted by atomic mass is 10.1. The number of likely N-dealkylation sites (tertiary alicyclic amines) is 1. The highest BCUT2D eigenvalue weighted by atomic mass is 16.2. The Morgan fingerprint density at radius 1 is 1.25 bits per heavy atom. The maximum absolute atomic E-state index is 12.6. The number of carbonyl (C=O) groups is 1. The zero-order chi connectivity index (χ0) is 14.7. The summed E-state index contributed by atoms with van der Waals surface area (Å²) in [5, 5.41) is 3.54. The van der Waals surface area contributed by atoms with Crippen LogP contribution in [0.5, 0.6) is 0 Å². The van der Waals surface area contributed by atoms with Crippen LogP contribution in [0.25, 0.3) is 0 Å². The Kier molecular flexibility index (Phi) is 5.44. The summed E-state index contributed by atoms with van der Waals surface area (Å²) in [6.07, 6.45) is 4.79. The second-order valence-electron chi connectivity index (χ2n) is 6.88. The average Bonchev–Trinajstić information content (AvgIpc) is 2.96. The molecule has 4 nitrogen and oxygen atoms in total. The number of hydrogen-bond donors (Lipinski definition) is 1. The van der Waals surface area contributed by atoms with Gasteiger partial charge in [0.1, 0.15) is 0 Å². The lowest BCUT2D eigenvalue weighted by Gasteiger charge is -2.33. The number of rotatable bonds is 6. The summed E-state index contributed by atoms with van der Waals surface area (Å²) in [4.78, 5) is 17.2. The molecule has 3 atom stereocenters. The number of nitrogens with one attached hydrogen (secondary N) is 1. The Labute approximate surface area is 123 Å². The van der Waals surface area contributed by atoms with Gasteiger partial charge in [0.15, 0.2) is 0 Å². The van der Waals surface area contributed by atoms with E-state index in [1.165, 1.54) is 25.9 Å². The summed E-state index contributed by atoms with van der Waals surface area (Å²) < 4.78 is 0. The molecular weight excluding hydrogens is 250 g/mol. The first-order chi connectivity index (χ1) is 9.52. The van der Waals surface area contributed by atoms with Gasteiger partial charge in [-0.25, -0.2) is 0 Å². The van der Waals surface area contributed by atoms with Crippen molar-refractivity contribution in [1.29, 1.82) is 0 Å². The summed E-state index contributed by atoms with van der Waals surface area (Å²) in [7, 11) is 0. The number of nitrogens with zero attached hydrogens (tertiary/aromatic N) is 2. The fourth-order valence-corrected chi connectivity index (χ4v) is 3.59. The van der Waals surface area contributed by atoms with Gasteiger partial charge >= 0.3 is 0 Å². The van der Waals surface area contributed by atoms with Gasteiger partial charge in [-0.3, -0.25) is 10.1 Å². The molecule has 1 N–H and O–H groups in total. The minimum atomic E-state index is 0.0276. The van der Waals surface area contributed by atoms with Crippen LogP contribution in [0, 0.1) is 5.92 Å². The van der Waals surface area contributed by atoms with Crippen molar-refractivity contribution in [3.8, 4) is 0 Å². The summed E-state index contributed by atoms with van der Waals surface area (Å²) in [6, 6.07) is 0.341. The van der Waals surface area contributed by atoms with Crippen LogP contribution < -0.4 is 5.32 Å². The fourth-order valence-electron chi connectivity index (χ4n) is 3.59. The second kappa shape index (κ2) is 6.90. The predicted molar refractivity (Wildman–Crippen MR) is 82.4 cm³/mol. The van der Waals surface area contributed by atoms with Gasteiger partial charge in [-0.1, -0.05) is 20.8 Å². The smallest absolute Gasteiger partial charge is 0.241 e. The Bertz CT molecular complexity index is 326. The molecule has 0 bridgehead atoms. The van der Waals surface area contributed by atoms with Gasteiger partial charge in [0, 0.05) is 12.6 Å². The van der Waals surface area contributed by atoms with E-state index in [1.54, 1.807) is 0 Å². The van der Waals surface area contributed by atoms with Crippen LogP contribution in [0.4, 0.5) is 0 Å². The van der Waals surface area contributed by atoms with Gasteiger partial charge in [0.2, 0.25) is 5.91 Å². The standard InChI is InChI=1S/C16H31N3O/c1-5-14-16(20)19(15(17-14)10-12(2)3)13(4)11-18-8-6-7-9-18/h12-15,17H,5-11H2,1-4H3. The highest BCUT2D eigenvalue weighted by Crippen LogP contribution is 2.23. The topological polar surface area (TPSA) is 35.6 Å².